The molecule has 0 heterocycles. The summed E-state index contributed by atoms with van der Waals surface area (Å²) in [7, 11) is 3.69. The zero-order chi connectivity index (χ0) is 18.9. The molecule has 0 aliphatic heterocycles. The first kappa shape index (κ1) is 24.5. The van der Waals surface area contributed by atoms with E-state index >= 15 is 0 Å². The molecule has 0 aromatic heterocycles. The lowest BCUT2D eigenvalue weighted by Gasteiger charge is -2.12. The van der Waals surface area contributed by atoms with E-state index in [1.54, 1.807) is 10.8 Å². The monoisotopic (exact) mass is 389 g/mol. The Morgan fingerprint density at radius 3 is 2.48 bits per heavy atom. The molecule has 1 N–H and O–H groups in total. The van der Waals surface area contributed by atoms with Gasteiger partial charge in [0.05, 0.1) is 13.2 Å². The van der Waals surface area contributed by atoms with E-state index < -0.39 is 6.09 Å². The molecule has 0 saturated carbocycles. The van der Waals surface area contributed by atoms with Gasteiger partial charge in [0, 0.05) is 18.3 Å². The molecule has 4 nitrogen and oxygen atoms in total. The summed E-state index contributed by atoms with van der Waals surface area (Å²) in [6.45, 7) is 12.1. The number of unbranched alkanes of at least 4 members (excludes halogenated alkanes) is 1. The normalized spacial score (nSPS) is 12.0. The molecule has 6 heteroatoms. The Hall–Kier alpha value is -0.510. The Bertz CT molecular complexity index is 392. The van der Waals surface area contributed by atoms with Crippen molar-refractivity contribution in [2.45, 2.75) is 65.7 Å². The van der Waals surface area contributed by atoms with Crippen LogP contribution in [0.15, 0.2) is 0 Å². The summed E-state index contributed by atoms with van der Waals surface area (Å²) in [6, 6.07) is 0. The van der Waals surface area contributed by atoms with E-state index in [2.05, 4.69) is 37.9 Å². The van der Waals surface area contributed by atoms with E-state index in [9.17, 15) is 4.79 Å². The van der Waals surface area contributed by atoms with Crippen molar-refractivity contribution in [1.82, 2.24) is 5.32 Å². The van der Waals surface area contributed by atoms with Gasteiger partial charge in [0.25, 0.3) is 0 Å². The fourth-order valence-corrected chi connectivity index (χ4v) is 3.87. The molecule has 0 rings (SSSR count). The molecule has 146 valence electrons. The number of carbonyl (C=O) groups excluding carboxylic acids is 1. The number of nitrogens with one attached hydrogen (secondary N) is 1. The highest BCUT2D eigenvalue weighted by Crippen LogP contribution is 2.28. The van der Waals surface area contributed by atoms with E-state index in [4.69, 9.17) is 9.47 Å². The van der Waals surface area contributed by atoms with Crippen LogP contribution in [0.1, 0.15) is 60.3 Å². The van der Waals surface area contributed by atoms with Crippen LogP contribution in [0.25, 0.3) is 0 Å². The van der Waals surface area contributed by atoms with Gasteiger partial charge in [-0.15, -0.1) is 0 Å². The molecule has 25 heavy (non-hydrogen) atoms. The molecular formula is C19H35NO3S2. The highest BCUT2D eigenvalue weighted by Gasteiger charge is 2.04. The second-order valence-corrected chi connectivity index (χ2v) is 9.35. The fourth-order valence-electron chi connectivity index (χ4n) is 1.76. The number of carbonyl (C=O) groups is 1. The second-order valence-electron chi connectivity index (χ2n) is 6.57. The molecule has 1 amide bonds. The molecule has 0 fully saturated rings. The Kier molecular flexibility index (Phi) is 16.6. The summed E-state index contributed by atoms with van der Waals surface area (Å²) in [5.74, 6) is 8.15. The van der Waals surface area contributed by atoms with Crippen LogP contribution in [0.2, 0.25) is 0 Å². The average molecular weight is 390 g/mol. The molecule has 1 atom stereocenters. The first-order valence-electron chi connectivity index (χ1n) is 9.20. The lowest BCUT2D eigenvalue weighted by molar-refractivity contribution is 0.109. The van der Waals surface area contributed by atoms with Gasteiger partial charge in [0.1, 0.15) is 5.44 Å². The summed E-state index contributed by atoms with van der Waals surface area (Å²) in [4.78, 5) is 11.4. The van der Waals surface area contributed by atoms with Gasteiger partial charge in [0.15, 0.2) is 0 Å². The molecule has 0 aromatic rings. The molecule has 0 bridgehead atoms. The van der Waals surface area contributed by atoms with Crippen LogP contribution in [-0.2, 0) is 9.47 Å². The van der Waals surface area contributed by atoms with Crippen molar-refractivity contribution >= 4 is 27.7 Å². The van der Waals surface area contributed by atoms with E-state index in [1.165, 1.54) is 18.6 Å². The van der Waals surface area contributed by atoms with Crippen LogP contribution in [0.5, 0.6) is 0 Å². The summed E-state index contributed by atoms with van der Waals surface area (Å²) in [5.41, 5.74) is 0.202. The van der Waals surface area contributed by atoms with Gasteiger partial charge in [-0.3, -0.25) is 0 Å². The Balaban J connectivity index is 3.39. The van der Waals surface area contributed by atoms with Gasteiger partial charge in [-0.1, -0.05) is 67.5 Å². The van der Waals surface area contributed by atoms with Crippen molar-refractivity contribution in [2.75, 3.05) is 25.5 Å². The van der Waals surface area contributed by atoms with E-state index in [-0.39, 0.29) is 5.44 Å². The van der Waals surface area contributed by atoms with Crippen molar-refractivity contribution in [2.24, 2.45) is 11.8 Å². The third kappa shape index (κ3) is 19.7. The van der Waals surface area contributed by atoms with Gasteiger partial charge in [-0.25, -0.2) is 4.79 Å². The summed E-state index contributed by atoms with van der Waals surface area (Å²) in [5, 5.41) is 2.62. The number of amides is 1. The predicted octanol–water partition coefficient (Wildman–Crippen LogP) is 5.33. The Morgan fingerprint density at radius 1 is 1.08 bits per heavy atom. The van der Waals surface area contributed by atoms with Crippen LogP contribution in [0.3, 0.4) is 0 Å². The predicted molar refractivity (Wildman–Crippen MR) is 111 cm³/mol. The Labute approximate surface area is 162 Å². The number of hydrogen-bond donors (Lipinski definition) is 1. The third-order valence-electron chi connectivity index (χ3n) is 3.05. The van der Waals surface area contributed by atoms with E-state index in [0.29, 0.717) is 25.7 Å². The maximum Gasteiger partial charge on any atom is 0.407 e. The van der Waals surface area contributed by atoms with Gasteiger partial charge in [0.2, 0.25) is 0 Å². The molecule has 0 aromatic carbocycles. The average Bonchev–Trinajstić information content (AvgIpc) is 2.54. The van der Waals surface area contributed by atoms with Gasteiger partial charge >= 0.3 is 6.09 Å². The molecule has 0 aliphatic rings. The summed E-state index contributed by atoms with van der Waals surface area (Å²) >= 11 is 0. The minimum Gasteiger partial charge on any atom is -0.450 e. The van der Waals surface area contributed by atoms with Crippen molar-refractivity contribution in [3.05, 3.63) is 0 Å². The first-order valence-corrected chi connectivity index (χ1v) is 11.6. The van der Waals surface area contributed by atoms with Crippen LogP contribution >= 0.6 is 21.6 Å². The van der Waals surface area contributed by atoms with Gasteiger partial charge in [-0.2, -0.15) is 0 Å². The van der Waals surface area contributed by atoms with Crippen LogP contribution in [0, 0.1) is 23.7 Å². The summed E-state index contributed by atoms with van der Waals surface area (Å²) in [6.07, 6.45) is 3.86. The Morgan fingerprint density at radius 2 is 1.80 bits per heavy atom. The molecule has 0 radical (unpaired) electrons. The quantitative estimate of drug-likeness (QED) is 0.200. The van der Waals surface area contributed by atoms with Crippen LogP contribution in [0.4, 0.5) is 4.79 Å². The maximum atomic E-state index is 11.4. The molecule has 0 saturated heterocycles. The fraction of sp³-hybridized carbons (Fsp3) is 0.842. The van der Waals surface area contributed by atoms with Crippen LogP contribution in [-0.4, -0.2) is 37.0 Å². The van der Waals surface area contributed by atoms with Gasteiger partial charge < -0.3 is 14.8 Å². The standard InChI is InChI=1S/C19H35NO3S2/c1-16(2)10-8-12-20-19(21)23-14-7-6-13-22-18(5)25-24-15-9-11-17(3)4/h16-18H,6-7,9,11-15H2,1-5H3,(H,20,21). The van der Waals surface area contributed by atoms with E-state index in [1.807, 2.05) is 24.6 Å². The molecule has 1 unspecified atom stereocenters. The third-order valence-corrected chi connectivity index (χ3v) is 5.77. The number of ether oxygens (including phenoxy) is 2. The smallest absolute Gasteiger partial charge is 0.407 e. The lowest BCUT2D eigenvalue weighted by atomic mass is 10.1. The minimum absolute atomic E-state index is 0.202. The largest absolute Gasteiger partial charge is 0.450 e. The minimum atomic E-state index is -0.402. The van der Waals surface area contributed by atoms with Crippen molar-refractivity contribution in [3.63, 3.8) is 0 Å². The van der Waals surface area contributed by atoms with Crippen molar-refractivity contribution in [1.29, 1.82) is 0 Å². The van der Waals surface area contributed by atoms with Gasteiger partial charge in [-0.05, 0) is 32.1 Å². The van der Waals surface area contributed by atoms with Crippen molar-refractivity contribution in [3.8, 4) is 11.8 Å². The maximum absolute atomic E-state index is 11.4. The van der Waals surface area contributed by atoms with Crippen molar-refractivity contribution < 1.29 is 14.3 Å². The van der Waals surface area contributed by atoms with Crippen LogP contribution < -0.4 is 5.32 Å². The first-order chi connectivity index (χ1) is 11.9. The zero-order valence-electron chi connectivity index (χ0n) is 16.4. The number of alkyl carbamates (subject to hydrolysis) is 1. The van der Waals surface area contributed by atoms with E-state index in [0.717, 1.165) is 18.8 Å². The number of hydrogen-bond acceptors (Lipinski definition) is 5. The molecule has 0 spiro atoms. The SMILES string of the molecule is CC(C)C#CCNC(=O)OCCCCOC(C)SSCCCC(C)C. The zero-order valence-corrected chi connectivity index (χ0v) is 18.1. The highest BCUT2D eigenvalue weighted by atomic mass is 33.1. The second kappa shape index (κ2) is 16.9. The summed E-state index contributed by atoms with van der Waals surface area (Å²) < 4.78 is 10.8. The lowest BCUT2D eigenvalue weighted by Crippen LogP contribution is -2.25. The topological polar surface area (TPSA) is 47.6 Å². The highest BCUT2D eigenvalue weighted by molar-refractivity contribution is 8.76. The molecular weight excluding hydrogens is 354 g/mol. The molecule has 0 aliphatic carbocycles. The number of rotatable bonds is 13.